The fraction of sp³-hybridized carbons (Fsp3) is 0.467. The predicted octanol–water partition coefficient (Wildman–Crippen LogP) is -0.779. The lowest BCUT2D eigenvalue weighted by Gasteiger charge is -2.45. The van der Waals surface area contributed by atoms with Gasteiger partial charge in [0, 0.05) is 24.6 Å². The van der Waals surface area contributed by atoms with Gasteiger partial charge in [-0.2, -0.15) is 0 Å². The molecule has 16 nitrogen and oxygen atoms in total. The molecular weight excluding hydrogens is 616 g/mol. The highest BCUT2D eigenvalue weighted by atomic mass is 16.7. The van der Waals surface area contributed by atoms with Gasteiger partial charge in [-0.25, -0.2) is 0 Å². The Labute approximate surface area is 260 Å². The normalized spacial score (nSPS) is 31.5. The smallest absolute Gasteiger partial charge is 0.302 e. The lowest BCUT2D eigenvalue weighted by molar-refractivity contribution is -0.340. The van der Waals surface area contributed by atoms with Crippen molar-refractivity contribution in [1.82, 2.24) is 0 Å². The average molecular weight is 651 g/mol. The summed E-state index contributed by atoms with van der Waals surface area (Å²) < 4.78 is 33.5. The first-order chi connectivity index (χ1) is 21.8. The molecule has 2 aliphatic heterocycles. The van der Waals surface area contributed by atoms with Gasteiger partial charge in [0.1, 0.15) is 90.3 Å². The fourth-order valence-corrected chi connectivity index (χ4v) is 5.34. The van der Waals surface area contributed by atoms with Crippen LogP contribution in [0.5, 0.6) is 23.0 Å². The van der Waals surface area contributed by atoms with Crippen LogP contribution in [0, 0.1) is 0 Å². The molecule has 2 saturated heterocycles. The quantitative estimate of drug-likeness (QED) is 0.139. The molecule has 250 valence electrons. The number of ether oxygens (including phenoxy) is 5. The number of phenolic OH excluding ortho intramolecular Hbond substituents is 3. The van der Waals surface area contributed by atoms with Gasteiger partial charge >= 0.3 is 5.97 Å². The molecule has 0 bridgehead atoms. The summed E-state index contributed by atoms with van der Waals surface area (Å²) in [6.45, 7) is 1.62. The van der Waals surface area contributed by atoms with Gasteiger partial charge in [-0.15, -0.1) is 0 Å². The summed E-state index contributed by atoms with van der Waals surface area (Å²) in [6, 6.07) is 7.61. The Morgan fingerprint density at radius 2 is 1.48 bits per heavy atom. The number of esters is 1. The van der Waals surface area contributed by atoms with E-state index in [0.717, 1.165) is 19.1 Å². The van der Waals surface area contributed by atoms with Crippen molar-refractivity contribution in [3.63, 3.8) is 0 Å². The summed E-state index contributed by atoms with van der Waals surface area (Å²) in [7, 11) is 0. The molecule has 0 unspecified atom stereocenters. The van der Waals surface area contributed by atoms with E-state index in [2.05, 4.69) is 0 Å². The number of hydrogen-bond acceptors (Lipinski definition) is 16. The molecule has 46 heavy (non-hydrogen) atoms. The second-order valence-corrected chi connectivity index (χ2v) is 11.1. The first kappa shape index (κ1) is 33.4. The van der Waals surface area contributed by atoms with E-state index in [4.69, 9.17) is 28.1 Å². The zero-order valence-electron chi connectivity index (χ0n) is 24.5. The number of benzene rings is 2. The molecule has 0 saturated carbocycles. The number of fused-ring (bicyclic) bond motifs is 1. The maximum atomic E-state index is 13.5. The third-order valence-corrected chi connectivity index (χ3v) is 7.77. The van der Waals surface area contributed by atoms with E-state index in [1.165, 1.54) is 31.2 Å². The van der Waals surface area contributed by atoms with Gasteiger partial charge in [-0.1, -0.05) is 0 Å². The minimum Gasteiger partial charge on any atom is -0.508 e. The van der Waals surface area contributed by atoms with Gasteiger partial charge in [-0.05, 0) is 31.2 Å². The van der Waals surface area contributed by atoms with Crippen LogP contribution in [0.2, 0.25) is 0 Å². The Morgan fingerprint density at radius 3 is 2.15 bits per heavy atom. The van der Waals surface area contributed by atoms with Crippen LogP contribution in [0.1, 0.15) is 13.8 Å². The Morgan fingerprint density at radius 1 is 0.826 bits per heavy atom. The van der Waals surface area contributed by atoms with E-state index in [0.29, 0.717) is 0 Å². The molecule has 5 rings (SSSR count). The molecule has 1 aromatic heterocycles. The third-order valence-electron chi connectivity index (χ3n) is 7.77. The number of aliphatic hydroxyl groups excluding tert-OH is 5. The number of aromatic hydroxyl groups is 3. The van der Waals surface area contributed by atoms with Gasteiger partial charge in [0.15, 0.2) is 12.1 Å². The number of carbonyl (C=O) groups is 1. The molecule has 3 aromatic rings. The van der Waals surface area contributed by atoms with Crippen molar-refractivity contribution < 1.29 is 73.7 Å². The zero-order chi connectivity index (χ0) is 33.4. The number of hydrogen-bond donors (Lipinski definition) is 8. The Bertz CT molecular complexity index is 1610. The van der Waals surface area contributed by atoms with E-state index in [1.807, 2.05) is 0 Å². The Balaban J connectivity index is 1.35. The standard InChI is InChI=1S/C30H34O16/c1-11-27(46-30-26(40)24(38)21(35)19(45-30)9-41-12(2)31)25(39)22(36)18(43-11)10-42-29-23(37)20-16(34)7-15(33)8-17(20)44-28(29)13-3-5-14(32)6-4-13/h3-8,11,18-19,21-22,24-27,30,32-36,38-40H,9-10H2,1-2H3/t11-,18-,19+,21+,22-,24-,25-,26+,27-,30-/m0/s1. The molecule has 2 aromatic carbocycles. The molecule has 10 atom stereocenters. The predicted molar refractivity (Wildman–Crippen MR) is 153 cm³/mol. The SMILES string of the molecule is CC(=O)OC[C@H]1O[C@@H](O[C@@H]2[C@@H](O)[C@@H](O)[C@H](COc3c(-c4ccc(O)cc4)oc4cc(O)cc(O)c4c3=O)O[C@H]2C)[C@H](O)[C@@H](O)[C@@H]1O. The van der Waals surface area contributed by atoms with Crippen molar-refractivity contribution >= 4 is 16.9 Å². The van der Waals surface area contributed by atoms with Crippen LogP contribution in [-0.4, -0.2) is 121 Å². The van der Waals surface area contributed by atoms with Crippen molar-refractivity contribution in [3.05, 3.63) is 46.6 Å². The van der Waals surface area contributed by atoms with Crippen molar-refractivity contribution in [1.29, 1.82) is 0 Å². The summed E-state index contributed by atoms with van der Waals surface area (Å²) in [6.07, 6.45) is -15.1. The van der Waals surface area contributed by atoms with Crippen LogP contribution in [0.15, 0.2) is 45.6 Å². The van der Waals surface area contributed by atoms with Crippen molar-refractivity contribution in [2.75, 3.05) is 13.2 Å². The van der Waals surface area contributed by atoms with E-state index in [9.17, 15) is 50.4 Å². The van der Waals surface area contributed by atoms with Gasteiger partial charge in [-0.3, -0.25) is 9.59 Å². The number of aliphatic hydroxyl groups is 5. The monoisotopic (exact) mass is 650 g/mol. The van der Waals surface area contributed by atoms with E-state index in [1.54, 1.807) is 0 Å². The molecule has 2 fully saturated rings. The number of rotatable bonds is 8. The topological polar surface area (TPSA) is 255 Å². The van der Waals surface area contributed by atoms with Crippen LogP contribution in [-0.2, 0) is 23.7 Å². The summed E-state index contributed by atoms with van der Waals surface area (Å²) in [5.74, 6) is -2.23. The van der Waals surface area contributed by atoms with Gasteiger partial charge in [0.05, 0.1) is 6.10 Å². The minimum atomic E-state index is -1.79. The second kappa shape index (κ2) is 13.4. The van der Waals surface area contributed by atoms with Crippen LogP contribution in [0.25, 0.3) is 22.3 Å². The molecule has 0 aliphatic carbocycles. The lowest BCUT2D eigenvalue weighted by Crippen LogP contribution is -2.64. The van der Waals surface area contributed by atoms with E-state index < -0.39 is 97.3 Å². The molecule has 16 heteroatoms. The summed E-state index contributed by atoms with van der Waals surface area (Å²) in [4.78, 5) is 24.7. The lowest BCUT2D eigenvalue weighted by atomic mass is 9.95. The van der Waals surface area contributed by atoms with Crippen molar-refractivity contribution in [2.24, 2.45) is 0 Å². The highest BCUT2D eigenvalue weighted by Crippen LogP contribution is 2.37. The Kier molecular flexibility index (Phi) is 9.71. The molecule has 0 amide bonds. The molecule has 3 heterocycles. The first-order valence-electron chi connectivity index (χ1n) is 14.2. The van der Waals surface area contributed by atoms with Crippen molar-refractivity contribution in [3.8, 4) is 34.3 Å². The van der Waals surface area contributed by atoms with Crippen LogP contribution < -0.4 is 10.2 Å². The average Bonchev–Trinajstić information content (AvgIpc) is 3.00. The third kappa shape index (κ3) is 6.60. The summed E-state index contributed by atoms with van der Waals surface area (Å²) in [5, 5.41) is 82.6. The highest BCUT2D eigenvalue weighted by Gasteiger charge is 2.50. The maximum absolute atomic E-state index is 13.5. The minimum absolute atomic E-state index is 0.0696. The molecule has 8 N–H and O–H groups in total. The van der Waals surface area contributed by atoms with Crippen LogP contribution in [0.3, 0.4) is 0 Å². The summed E-state index contributed by atoms with van der Waals surface area (Å²) in [5.41, 5.74) is -0.697. The van der Waals surface area contributed by atoms with Gasteiger partial charge in [0.25, 0.3) is 0 Å². The Hall–Kier alpha value is -4.00. The molecule has 0 radical (unpaired) electrons. The first-order valence-corrected chi connectivity index (χ1v) is 14.2. The molecule has 0 spiro atoms. The maximum Gasteiger partial charge on any atom is 0.302 e. The summed E-state index contributed by atoms with van der Waals surface area (Å²) >= 11 is 0. The van der Waals surface area contributed by atoms with Gasteiger partial charge < -0.3 is 69.0 Å². The zero-order valence-corrected chi connectivity index (χ0v) is 24.5. The number of carbonyl (C=O) groups excluding carboxylic acids is 1. The fourth-order valence-electron chi connectivity index (χ4n) is 5.34. The highest BCUT2D eigenvalue weighted by molar-refractivity contribution is 5.88. The van der Waals surface area contributed by atoms with Crippen LogP contribution in [0.4, 0.5) is 0 Å². The second-order valence-electron chi connectivity index (χ2n) is 11.1. The van der Waals surface area contributed by atoms with Crippen molar-refractivity contribution in [2.45, 2.75) is 75.1 Å². The van der Waals surface area contributed by atoms with Gasteiger partial charge in [0.2, 0.25) is 11.2 Å². The van der Waals surface area contributed by atoms with E-state index in [-0.39, 0.29) is 33.8 Å². The molecule has 2 aliphatic rings. The molecular formula is C30H34O16. The van der Waals surface area contributed by atoms with E-state index >= 15 is 0 Å². The largest absolute Gasteiger partial charge is 0.508 e. The van der Waals surface area contributed by atoms with Crippen LogP contribution >= 0.6 is 0 Å². The number of phenols is 3.